The van der Waals surface area contributed by atoms with E-state index in [9.17, 15) is 13.6 Å². The monoisotopic (exact) mass is 346 g/mol. The van der Waals surface area contributed by atoms with Crippen LogP contribution in [-0.4, -0.2) is 32.2 Å². The van der Waals surface area contributed by atoms with Crippen LogP contribution in [0.3, 0.4) is 0 Å². The van der Waals surface area contributed by atoms with Crippen LogP contribution in [-0.2, 0) is 11.2 Å². The van der Waals surface area contributed by atoms with Gasteiger partial charge in [0, 0.05) is 18.2 Å². The fourth-order valence-corrected chi connectivity index (χ4v) is 3.27. The molecule has 0 unspecified atom stereocenters. The van der Waals surface area contributed by atoms with Gasteiger partial charge < -0.3 is 15.0 Å². The number of halogens is 3. The van der Waals surface area contributed by atoms with E-state index in [0.29, 0.717) is 6.54 Å². The van der Waals surface area contributed by atoms with Crippen molar-refractivity contribution in [1.29, 1.82) is 0 Å². The van der Waals surface area contributed by atoms with Crippen molar-refractivity contribution in [2.45, 2.75) is 32.3 Å². The first-order valence-corrected chi connectivity index (χ1v) is 7.75. The van der Waals surface area contributed by atoms with E-state index in [4.69, 9.17) is 0 Å². The minimum Gasteiger partial charge on any atom is -0.435 e. The minimum atomic E-state index is -2.82. The summed E-state index contributed by atoms with van der Waals surface area (Å²) in [6.45, 7) is -0.379. The molecule has 23 heavy (non-hydrogen) atoms. The number of alkyl halides is 2. The third kappa shape index (κ3) is 4.12. The molecule has 1 saturated heterocycles. The number of hydrogen-bond donors (Lipinski definition) is 1. The Balaban J connectivity index is 0.00000192. The predicted octanol–water partition coefficient (Wildman–Crippen LogP) is 2.99. The third-order valence-corrected chi connectivity index (χ3v) is 4.35. The van der Waals surface area contributed by atoms with Crippen LogP contribution in [0.25, 0.3) is 0 Å². The molecule has 2 aliphatic heterocycles. The van der Waals surface area contributed by atoms with Gasteiger partial charge >= 0.3 is 6.61 Å². The van der Waals surface area contributed by atoms with Crippen molar-refractivity contribution in [3.63, 3.8) is 0 Å². The Morgan fingerprint density at radius 3 is 2.74 bits per heavy atom. The molecule has 2 aliphatic rings. The molecular formula is C16H21ClF2N2O2. The molecule has 2 heterocycles. The molecule has 0 saturated carbocycles. The number of nitrogens with one attached hydrogen (secondary N) is 1. The number of nitrogens with zero attached hydrogens (tertiary/aromatic N) is 1. The molecule has 0 radical (unpaired) electrons. The predicted molar refractivity (Wildman–Crippen MR) is 86.6 cm³/mol. The Hall–Kier alpha value is -1.40. The van der Waals surface area contributed by atoms with Crippen molar-refractivity contribution < 1.29 is 18.3 Å². The molecule has 1 aromatic carbocycles. The summed E-state index contributed by atoms with van der Waals surface area (Å²) >= 11 is 0. The fourth-order valence-electron chi connectivity index (χ4n) is 3.27. The standard InChI is InChI=1S/C16H20F2N2O2.ClH/c17-16(18)22-13-3-4-14-12(10-13)2-1-9-20(14)15(21)11-5-7-19-8-6-11;/h3-4,10-11,16,19H,1-2,5-9H2;1H. The van der Waals surface area contributed by atoms with Gasteiger partial charge in [-0.05, 0) is 62.5 Å². The molecule has 1 aromatic rings. The van der Waals surface area contributed by atoms with E-state index in [0.717, 1.165) is 50.0 Å². The molecule has 128 valence electrons. The highest BCUT2D eigenvalue weighted by Gasteiger charge is 2.29. The molecule has 1 amide bonds. The highest BCUT2D eigenvalue weighted by atomic mass is 35.5. The second-order valence-electron chi connectivity index (χ2n) is 5.79. The first kappa shape index (κ1) is 17.9. The van der Waals surface area contributed by atoms with E-state index in [2.05, 4.69) is 10.1 Å². The second-order valence-corrected chi connectivity index (χ2v) is 5.79. The molecule has 0 aromatic heterocycles. The molecule has 0 atom stereocenters. The van der Waals surface area contributed by atoms with Crippen LogP contribution in [0.5, 0.6) is 5.75 Å². The molecule has 1 N–H and O–H groups in total. The number of aryl methyl sites for hydroxylation is 1. The number of fused-ring (bicyclic) bond motifs is 1. The largest absolute Gasteiger partial charge is 0.435 e. The Kier molecular flexibility index (Phi) is 6.18. The lowest BCUT2D eigenvalue weighted by Crippen LogP contribution is -2.43. The third-order valence-electron chi connectivity index (χ3n) is 4.35. The molecule has 0 aliphatic carbocycles. The number of carbonyl (C=O) groups is 1. The smallest absolute Gasteiger partial charge is 0.387 e. The maximum atomic E-state index is 12.7. The highest BCUT2D eigenvalue weighted by molar-refractivity contribution is 5.96. The normalized spacial score (nSPS) is 18.3. The minimum absolute atomic E-state index is 0. The SMILES string of the molecule is Cl.O=C(C1CCNCC1)N1CCCc2cc(OC(F)F)ccc21. The maximum absolute atomic E-state index is 12.7. The summed E-state index contributed by atoms with van der Waals surface area (Å²) in [5, 5.41) is 3.26. The number of carbonyl (C=O) groups excluding carboxylic acids is 1. The summed E-state index contributed by atoms with van der Waals surface area (Å²) in [6.07, 6.45) is 3.35. The van der Waals surface area contributed by atoms with Crippen molar-refractivity contribution in [2.24, 2.45) is 5.92 Å². The van der Waals surface area contributed by atoms with Gasteiger partial charge in [0.15, 0.2) is 0 Å². The highest BCUT2D eigenvalue weighted by Crippen LogP contribution is 2.32. The first-order chi connectivity index (χ1) is 10.6. The van der Waals surface area contributed by atoms with Gasteiger partial charge in [0.2, 0.25) is 5.91 Å². The molecule has 4 nitrogen and oxygen atoms in total. The van der Waals surface area contributed by atoms with Gasteiger partial charge in [-0.1, -0.05) is 0 Å². The number of piperidine rings is 1. The maximum Gasteiger partial charge on any atom is 0.387 e. The molecule has 0 spiro atoms. The van der Waals surface area contributed by atoms with Crippen LogP contribution in [0.1, 0.15) is 24.8 Å². The summed E-state index contributed by atoms with van der Waals surface area (Å²) in [5.74, 6) is 0.374. The average Bonchev–Trinajstić information content (AvgIpc) is 2.53. The van der Waals surface area contributed by atoms with Crippen molar-refractivity contribution in [2.75, 3.05) is 24.5 Å². The zero-order valence-electron chi connectivity index (χ0n) is 12.8. The lowest BCUT2D eigenvalue weighted by atomic mass is 9.94. The van der Waals surface area contributed by atoms with E-state index < -0.39 is 6.61 Å². The summed E-state index contributed by atoms with van der Waals surface area (Å²) in [5.41, 5.74) is 1.75. The van der Waals surface area contributed by atoms with E-state index in [1.165, 1.54) is 6.07 Å². The van der Waals surface area contributed by atoms with E-state index >= 15 is 0 Å². The van der Waals surface area contributed by atoms with E-state index in [1.807, 2.05) is 4.90 Å². The Bertz CT molecular complexity index is 551. The van der Waals surface area contributed by atoms with Gasteiger partial charge in [0.05, 0.1) is 0 Å². The molecule has 7 heteroatoms. The zero-order chi connectivity index (χ0) is 15.5. The number of anilines is 1. The fraction of sp³-hybridized carbons (Fsp3) is 0.562. The number of ether oxygens (including phenoxy) is 1. The van der Waals surface area contributed by atoms with Gasteiger partial charge in [0.25, 0.3) is 0 Å². The van der Waals surface area contributed by atoms with Gasteiger partial charge in [-0.2, -0.15) is 8.78 Å². The van der Waals surface area contributed by atoms with Crippen molar-refractivity contribution in [3.05, 3.63) is 23.8 Å². The van der Waals surface area contributed by atoms with Crippen LogP contribution >= 0.6 is 12.4 Å². The van der Waals surface area contributed by atoms with Gasteiger partial charge in [-0.25, -0.2) is 0 Å². The Morgan fingerprint density at radius 1 is 1.30 bits per heavy atom. The lowest BCUT2D eigenvalue weighted by molar-refractivity contribution is -0.123. The summed E-state index contributed by atoms with van der Waals surface area (Å²) in [6, 6.07) is 4.87. The summed E-state index contributed by atoms with van der Waals surface area (Å²) < 4.78 is 29.1. The molecular weight excluding hydrogens is 326 g/mol. The summed E-state index contributed by atoms with van der Waals surface area (Å²) in [7, 11) is 0. The topological polar surface area (TPSA) is 41.6 Å². The van der Waals surface area contributed by atoms with Crippen LogP contribution in [0, 0.1) is 5.92 Å². The first-order valence-electron chi connectivity index (χ1n) is 7.75. The van der Waals surface area contributed by atoms with Gasteiger partial charge in [0.1, 0.15) is 5.75 Å². The second kappa shape index (κ2) is 7.93. The van der Waals surface area contributed by atoms with Crippen LogP contribution < -0.4 is 15.0 Å². The molecule has 1 fully saturated rings. The number of benzene rings is 1. The van der Waals surface area contributed by atoms with Crippen molar-refractivity contribution in [3.8, 4) is 5.75 Å². The number of hydrogen-bond acceptors (Lipinski definition) is 3. The average molecular weight is 347 g/mol. The Morgan fingerprint density at radius 2 is 2.04 bits per heavy atom. The van der Waals surface area contributed by atoms with Crippen LogP contribution in [0.2, 0.25) is 0 Å². The van der Waals surface area contributed by atoms with Crippen molar-refractivity contribution >= 4 is 24.0 Å². The van der Waals surface area contributed by atoms with Gasteiger partial charge in [-0.3, -0.25) is 4.79 Å². The molecule has 3 rings (SSSR count). The van der Waals surface area contributed by atoms with E-state index in [1.54, 1.807) is 12.1 Å². The van der Waals surface area contributed by atoms with Gasteiger partial charge in [-0.15, -0.1) is 12.4 Å². The number of amides is 1. The van der Waals surface area contributed by atoms with E-state index in [-0.39, 0.29) is 30.0 Å². The summed E-state index contributed by atoms with van der Waals surface area (Å²) in [4.78, 5) is 14.5. The van der Waals surface area contributed by atoms with Crippen LogP contribution in [0.15, 0.2) is 18.2 Å². The lowest BCUT2D eigenvalue weighted by Gasteiger charge is -2.34. The quantitative estimate of drug-likeness (QED) is 0.914. The Labute approximate surface area is 140 Å². The number of rotatable bonds is 3. The van der Waals surface area contributed by atoms with Crippen LogP contribution in [0.4, 0.5) is 14.5 Å². The molecule has 0 bridgehead atoms. The zero-order valence-corrected chi connectivity index (χ0v) is 13.6. The van der Waals surface area contributed by atoms with Crippen molar-refractivity contribution in [1.82, 2.24) is 5.32 Å².